The standard InChI is InChI=1S/C11H27N3/c1-11(2)10-14(7-6-12-3)9-8-13(4)5/h11-12H,6-10H2,1-5H3. The molecule has 0 aliphatic rings. The first-order valence-corrected chi connectivity index (χ1v) is 5.58. The van der Waals surface area contributed by atoms with E-state index in [1.54, 1.807) is 0 Å². The van der Waals surface area contributed by atoms with Crippen LogP contribution in [0.2, 0.25) is 0 Å². The predicted octanol–water partition coefficient (Wildman–Crippen LogP) is 0.725. The summed E-state index contributed by atoms with van der Waals surface area (Å²) in [5.74, 6) is 0.758. The normalized spacial score (nSPS) is 12.0. The monoisotopic (exact) mass is 201 g/mol. The molecule has 0 saturated carbocycles. The third-order valence-electron chi connectivity index (χ3n) is 2.16. The van der Waals surface area contributed by atoms with E-state index < -0.39 is 0 Å². The number of nitrogens with one attached hydrogen (secondary N) is 1. The van der Waals surface area contributed by atoms with Crippen LogP contribution in [0, 0.1) is 5.92 Å². The van der Waals surface area contributed by atoms with Gasteiger partial charge in [0, 0.05) is 32.7 Å². The molecule has 0 saturated heterocycles. The minimum atomic E-state index is 0.758. The molecule has 0 aromatic carbocycles. The van der Waals surface area contributed by atoms with Crippen molar-refractivity contribution in [3.05, 3.63) is 0 Å². The van der Waals surface area contributed by atoms with Crippen LogP contribution in [-0.2, 0) is 0 Å². The molecular formula is C11H27N3. The summed E-state index contributed by atoms with van der Waals surface area (Å²) in [5, 5.41) is 3.20. The minimum Gasteiger partial charge on any atom is -0.318 e. The van der Waals surface area contributed by atoms with Gasteiger partial charge in [0.05, 0.1) is 0 Å². The van der Waals surface area contributed by atoms with Gasteiger partial charge in [0.1, 0.15) is 0 Å². The van der Waals surface area contributed by atoms with E-state index in [1.165, 1.54) is 13.1 Å². The maximum atomic E-state index is 3.20. The van der Waals surface area contributed by atoms with Gasteiger partial charge in [0.25, 0.3) is 0 Å². The van der Waals surface area contributed by atoms with Crippen molar-refractivity contribution in [1.82, 2.24) is 15.1 Å². The molecule has 0 spiro atoms. The molecule has 1 N–H and O–H groups in total. The van der Waals surface area contributed by atoms with Gasteiger partial charge in [-0.25, -0.2) is 0 Å². The molecular weight excluding hydrogens is 174 g/mol. The Morgan fingerprint density at radius 3 is 2.14 bits per heavy atom. The van der Waals surface area contributed by atoms with Gasteiger partial charge in [-0.05, 0) is 27.1 Å². The zero-order valence-corrected chi connectivity index (χ0v) is 10.5. The van der Waals surface area contributed by atoms with Crippen LogP contribution in [-0.4, -0.2) is 63.7 Å². The fraction of sp³-hybridized carbons (Fsp3) is 1.00. The Morgan fingerprint density at radius 2 is 1.71 bits per heavy atom. The summed E-state index contributed by atoms with van der Waals surface area (Å²) in [5.41, 5.74) is 0. The zero-order valence-electron chi connectivity index (χ0n) is 10.5. The van der Waals surface area contributed by atoms with E-state index in [0.717, 1.165) is 25.6 Å². The van der Waals surface area contributed by atoms with Crippen molar-refractivity contribution in [2.75, 3.05) is 53.9 Å². The molecule has 0 rings (SSSR count). The molecule has 14 heavy (non-hydrogen) atoms. The van der Waals surface area contributed by atoms with Crippen molar-refractivity contribution in [2.45, 2.75) is 13.8 Å². The van der Waals surface area contributed by atoms with E-state index in [-0.39, 0.29) is 0 Å². The molecule has 0 radical (unpaired) electrons. The highest BCUT2D eigenvalue weighted by Gasteiger charge is 2.06. The molecule has 0 bridgehead atoms. The summed E-state index contributed by atoms with van der Waals surface area (Å²) in [6, 6.07) is 0. The second-order valence-electron chi connectivity index (χ2n) is 4.60. The fourth-order valence-electron chi connectivity index (χ4n) is 1.42. The first-order chi connectivity index (χ1) is 6.56. The van der Waals surface area contributed by atoms with Crippen LogP contribution in [0.5, 0.6) is 0 Å². The molecule has 0 atom stereocenters. The molecule has 0 unspecified atom stereocenters. The van der Waals surface area contributed by atoms with Gasteiger partial charge in [-0.1, -0.05) is 13.8 Å². The number of hydrogen-bond donors (Lipinski definition) is 1. The van der Waals surface area contributed by atoms with Crippen LogP contribution in [0.15, 0.2) is 0 Å². The number of rotatable bonds is 8. The first kappa shape index (κ1) is 13.9. The molecule has 0 aliphatic heterocycles. The Hall–Kier alpha value is -0.120. The summed E-state index contributed by atoms with van der Waals surface area (Å²) in [6.07, 6.45) is 0. The zero-order chi connectivity index (χ0) is 11.0. The van der Waals surface area contributed by atoms with Crippen LogP contribution in [0.25, 0.3) is 0 Å². The topological polar surface area (TPSA) is 18.5 Å². The van der Waals surface area contributed by atoms with Gasteiger partial charge >= 0.3 is 0 Å². The Kier molecular flexibility index (Phi) is 8.14. The molecule has 0 fully saturated rings. The van der Waals surface area contributed by atoms with Gasteiger partial charge < -0.3 is 15.1 Å². The Balaban J connectivity index is 3.72. The number of hydrogen-bond acceptors (Lipinski definition) is 3. The maximum Gasteiger partial charge on any atom is 0.0110 e. The highest BCUT2D eigenvalue weighted by atomic mass is 15.2. The molecule has 3 heteroatoms. The molecule has 0 aromatic heterocycles. The first-order valence-electron chi connectivity index (χ1n) is 5.58. The van der Waals surface area contributed by atoms with E-state index in [4.69, 9.17) is 0 Å². The van der Waals surface area contributed by atoms with Crippen molar-refractivity contribution >= 4 is 0 Å². The summed E-state index contributed by atoms with van der Waals surface area (Å²) in [7, 11) is 6.27. The van der Waals surface area contributed by atoms with Gasteiger partial charge in [-0.2, -0.15) is 0 Å². The van der Waals surface area contributed by atoms with Crippen LogP contribution >= 0.6 is 0 Å². The SMILES string of the molecule is CNCCN(CCN(C)C)CC(C)C. The molecule has 0 amide bonds. The lowest BCUT2D eigenvalue weighted by molar-refractivity contribution is 0.220. The second-order valence-corrected chi connectivity index (χ2v) is 4.60. The van der Waals surface area contributed by atoms with E-state index in [0.29, 0.717) is 0 Å². The Labute approximate surface area is 89.5 Å². The van der Waals surface area contributed by atoms with Crippen molar-refractivity contribution < 1.29 is 0 Å². The average Bonchev–Trinajstić information content (AvgIpc) is 2.09. The van der Waals surface area contributed by atoms with E-state index in [2.05, 4.69) is 43.1 Å². The largest absolute Gasteiger partial charge is 0.318 e. The quantitative estimate of drug-likeness (QED) is 0.624. The molecule has 3 nitrogen and oxygen atoms in total. The van der Waals surface area contributed by atoms with Crippen molar-refractivity contribution in [1.29, 1.82) is 0 Å². The van der Waals surface area contributed by atoms with Crippen LogP contribution in [0.1, 0.15) is 13.8 Å². The number of likely N-dealkylation sites (N-methyl/N-ethyl adjacent to an activating group) is 2. The van der Waals surface area contributed by atoms with E-state index in [9.17, 15) is 0 Å². The van der Waals surface area contributed by atoms with Crippen LogP contribution < -0.4 is 5.32 Å². The lowest BCUT2D eigenvalue weighted by Gasteiger charge is -2.25. The molecule has 86 valence electrons. The number of nitrogens with zero attached hydrogens (tertiary/aromatic N) is 2. The summed E-state index contributed by atoms with van der Waals surface area (Å²) >= 11 is 0. The Bertz CT molecular complexity index is 124. The highest BCUT2D eigenvalue weighted by molar-refractivity contribution is 4.62. The lowest BCUT2D eigenvalue weighted by atomic mass is 10.2. The van der Waals surface area contributed by atoms with E-state index in [1.807, 2.05) is 7.05 Å². The highest BCUT2D eigenvalue weighted by Crippen LogP contribution is 1.97. The van der Waals surface area contributed by atoms with Gasteiger partial charge in [-0.3, -0.25) is 0 Å². The summed E-state index contributed by atoms with van der Waals surface area (Å²) in [4.78, 5) is 4.77. The van der Waals surface area contributed by atoms with Crippen molar-refractivity contribution in [3.8, 4) is 0 Å². The van der Waals surface area contributed by atoms with E-state index >= 15 is 0 Å². The summed E-state index contributed by atoms with van der Waals surface area (Å²) in [6.45, 7) is 10.3. The molecule has 0 aliphatic carbocycles. The molecule has 0 heterocycles. The van der Waals surface area contributed by atoms with Gasteiger partial charge in [0.15, 0.2) is 0 Å². The Morgan fingerprint density at radius 1 is 1.07 bits per heavy atom. The van der Waals surface area contributed by atoms with Crippen molar-refractivity contribution in [3.63, 3.8) is 0 Å². The third-order valence-corrected chi connectivity index (χ3v) is 2.16. The van der Waals surface area contributed by atoms with Crippen molar-refractivity contribution in [2.24, 2.45) is 5.92 Å². The average molecular weight is 201 g/mol. The van der Waals surface area contributed by atoms with Crippen LogP contribution in [0.3, 0.4) is 0 Å². The third kappa shape index (κ3) is 8.48. The minimum absolute atomic E-state index is 0.758. The van der Waals surface area contributed by atoms with Gasteiger partial charge in [0.2, 0.25) is 0 Å². The second kappa shape index (κ2) is 8.21. The molecule has 0 aromatic rings. The maximum absolute atomic E-state index is 3.20. The van der Waals surface area contributed by atoms with Crippen LogP contribution in [0.4, 0.5) is 0 Å². The lowest BCUT2D eigenvalue weighted by Crippen LogP contribution is -2.38. The smallest absolute Gasteiger partial charge is 0.0110 e. The fourth-order valence-corrected chi connectivity index (χ4v) is 1.42. The predicted molar refractivity (Wildman–Crippen MR) is 63.8 cm³/mol. The summed E-state index contributed by atoms with van der Waals surface area (Å²) < 4.78 is 0. The van der Waals surface area contributed by atoms with Gasteiger partial charge in [-0.15, -0.1) is 0 Å².